The number of pyridine rings is 3. The van der Waals surface area contributed by atoms with E-state index in [4.69, 9.17) is 15.0 Å². The van der Waals surface area contributed by atoms with E-state index in [9.17, 15) is 5.26 Å². The van der Waals surface area contributed by atoms with Crippen molar-refractivity contribution in [2.24, 2.45) is 0 Å². The molecule has 0 aliphatic rings. The molecule has 0 saturated heterocycles. The predicted octanol–water partition coefficient (Wildman–Crippen LogP) is 14.4. The van der Waals surface area contributed by atoms with Gasteiger partial charge in [0, 0.05) is 73.0 Å². The van der Waals surface area contributed by atoms with E-state index in [1.165, 1.54) is 5.39 Å². The summed E-state index contributed by atoms with van der Waals surface area (Å²) < 4.78 is 4.61. The monoisotopic (exact) mass is 812 g/mol. The molecule has 0 radical (unpaired) electrons. The van der Waals surface area contributed by atoms with Crippen LogP contribution in [0.5, 0.6) is 0 Å². The second-order valence-electron chi connectivity index (χ2n) is 16.6. The van der Waals surface area contributed by atoms with Gasteiger partial charge in [-0.15, -0.1) is 0 Å². The SMILES string of the molecule is N#Cc1c(-n2c3cccc4c5ccccc5c5cncc2c5c43)c(-c2ccccc2)c(-c2ccccc2)c(-c2ccccc2)c1-n1c2cncc3c4ccccc4c4cncc1c4c32. The van der Waals surface area contributed by atoms with Gasteiger partial charge in [0.1, 0.15) is 11.6 Å². The number of benzene rings is 9. The van der Waals surface area contributed by atoms with Gasteiger partial charge in [0.15, 0.2) is 0 Å². The van der Waals surface area contributed by atoms with Crippen LogP contribution >= 0.6 is 0 Å². The highest BCUT2D eigenvalue weighted by Crippen LogP contribution is 2.54. The van der Waals surface area contributed by atoms with Crippen molar-refractivity contribution in [2.75, 3.05) is 0 Å². The maximum absolute atomic E-state index is 12.3. The topological polar surface area (TPSA) is 72.3 Å². The maximum Gasteiger partial charge on any atom is 0.104 e. The molecule has 5 heterocycles. The summed E-state index contributed by atoms with van der Waals surface area (Å²) in [5, 5.41) is 25.7. The van der Waals surface area contributed by atoms with E-state index in [1.54, 1.807) is 0 Å². The smallest absolute Gasteiger partial charge is 0.104 e. The van der Waals surface area contributed by atoms with Crippen molar-refractivity contribution in [2.45, 2.75) is 0 Å². The summed E-state index contributed by atoms with van der Waals surface area (Å²) in [5.74, 6) is 0. The molecule has 0 unspecified atom stereocenters. The van der Waals surface area contributed by atoms with Gasteiger partial charge >= 0.3 is 0 Å². The molecule has 0 aliphatic carbocycles. The zero-order chi connectivity index (χ0) is 42.0. The Morgan fingerprint density at radius 1 is 0.312 bits per heavy atom. The fourth-order valence-corrected chi connectivity index (χ4v) is 11.1. The van der Waals surface area contributed by atoms with Crippen LogP contribution < -0.4 is 0 Å². The van der Waals surface area contributed by atoms with E-state index in [0.717, 1.165) is 126 Å². The zero-order valence-electron chi connectivity index (χ0n) is 34.2. The first kappa shape index (κ1) is 34.8. The molecule has 0 amide bonds. The molecular weight excluding hydrogens is 781 g/mol. The summed E-state index contributed by atoms with van der Waals surface area (Å²) in [4.78, 5) is 14.9. The first-order valence-corrected chi connectivity index (χ1v) is 21.5. The molecular formula is C58H32N6. The van der Waals surface area contributed by atoms with Crippen molar-refractivity contribution in [3.05, 3.63) is 200 Å². The van der Waals surface area contributed by atoms with Gasteiger partial charge in [-0.25, -0.2) is 0 Å². The van der Waals surface area contributed by atoms with Crippen molar-refractivity contribution in [3.8, 4) is 50.8 Å². The number of aromatic nitrogens is 5. The largest absolute Gasteiger partial charge is 0.306 e. The van der Waals surface area contributed by atoms with E-state index in [1.807, 2.05) is 37.2 Å². The van der Waals surface area contributed by atoms with Crippen LogP contribution in [-0.4, -0.2) is 24.1 Å². The predicted molar refractivity (Wildman–Crippen MR) is 262 cm³/mol. The lowest BCUT2D eigenvalue weighted by Gasteiger charge is -2.27. The van der Waals surface area contributed by atoms with E-state index in [-0.39, 0.29) is 0 Å². The summed E-state index contributed by atoms with van der Waals surface area (Å²) in [7, 11) is 0. The van der Waals surface area contributed by atoms with Crippen molar-refractivity contribution < 1.29 is 0 Å². The highest BCUT2D eigenvalue weighted by molar-refractivity contribution is 6.36. The molecule has 64 heavy (non-hydrogen) atoms. The number of nitriles is 1. The van der Waals surface area contributed by atoms with Gasteiger partial charge in [0.2, 0.25) is 0 Å². The second kappa shape index (κ2) is 13.0. The molecule has 6 nitrogen and oxygen atoms in total. The number of nitrogens with zero attached hydrogens (tertiary/aromatic N) is 6. The van der Waals surface area contributed by atoms with Gasteiger partial charge < -0.3 is 9.13 Å². The minimum atomic E-state index is 0.523. The molecule has 6 heteroatoms. The standard InChI is InChI=1S/C58H32N6/c59-27-42-57(63-46-26-14-25-41-37-21-10-11-22-38(37)43-28-60-31-47(63)54(43)53(41)46)51(35-17-6-2-7-18-35)50(34-15-4-1-5-16-34)52(36-19-8-3-9-20-36)58(42)64-48-32-61-29-44-39-23-12-13-24-40(39)45-30-62-33-49(64)56(45)55(44)48/h1-26,28-33H. The van der Waals surface area contributed by atoms with Crippen LogP contribution in [0.4, 0.5) is 0 Å². The quantitative estimate of drug-likeness (QED) is 0.162. The first-order chi connectivity index (χ1) is 31.8. The van der Waals surface area contributed by atoms with Crippen LogP contribution in [-0.2, 0) is 0 Å². The van der Waals surface area contributed by atoms with Gasteiger partial charge in [-0.2, -0.15) is 5.26 Å². The lowest BCUT2D eigenvalue weighted by Crippen LogP contribution is -2.11. The zero-order valence-corrected chi connectivity index (χ0v) is 34.2. The lowest BCUT2D eigenvalue weighted by molar-refractivity contribution is 1.11. The molecule has 0 spiro atoms. The van der Waals surface area contributed by atoms with Crippen LogP contribution in [0.2, 0.25) is 0 Å². The molecule has 0 N–H and O–H groups in total. The van der Waals surface area contributed by atoms with E-state index in [2.05, 4.69) is 173 Å². The Morgan fingerprint density at radius 3 is 1.08 bits per heavy atom. The summed E-state index contributed by atoms with van der Waals surface area (Å²) in [6.07, 6.45) is 11.9. The molecule has 0 atom stereocenters. The summed E-state index contributed by atoms with van der Waals surface area (Å²) in [5.41, 5.74) is 11.7. The molecule has 0 bridgehead atoms. The van der Waals surface area contributed by atoms with Gasteiger partial charge in [-0.05, 0) is 49.7 Å². The number of hydrogen-bond donors (Lipinski definition) is 0. The van der Waals surface area contributed by atoms with Gasteiger partial charge in [-0.1, -0.05) is 152 Å². The second-order valence-corrected chi connectivity index (χ2v) is 16.6. The lowest BCUT2D eigenvalue weighted by atomic mass is 9.82. The van der Waals surface area contributed by atoms with E-state index >= 15 is 0 Å². The van der Waals surface area contributed by atoms with E-state index in [0.29, 0.717) is 5.56 Å². The molecule has 5 aromatic heterocycles. The Hall–Kier alpha value is -8.92. The molecule has 14 rings (SSSR count). The molecule has 0 aliphatic heterocycles. The Kier molecular flexibility index (Phi) is 7.08. The number of rotatable bonds is 5. The van der Waals surface area contributed by atoms with Crippen molar-refractivity contribution in [1.29, 1.82) is 5.26 Å². The fraction of sp³-hybridized carbons (Fsp3) is 0. The van der Waals surface area contributed by atoms with Gasteiger partial charge in [0.05, 0.1) is 52.0 Å². The molecule has 0 saturated carbocycles. The number of fused-ring (bicyclic) bond motifs is 6. The summed E-state index contributed by atoms with van der Waals surface area (Å²) >= 11 is 0. The van der Waals surface area contributed by atoms with Crippen molar-refractivity contribution in [1.82, 2.24) is 24.1 Å². The highest BCUT2D eigenvalue weighted by Gasteiger charge is 2.33. The summed E-state index contributed by atoms with van der Waals surface area (Å²) in [6.45, 7) is 0. The maximum atomic E-state index is 12.3. The molecule has 294 valence electrons. The van der Waals surface area contributed by atoms with Crippen LogP contribution in [0.3, 0.4) is 0 Å². The van der Waals surface area contributed by atoms with Crippen LogP contribution in [0.25, 0.3) is 131 Å². The minimum Gasteiger partial charge on any atom is -0.306 e. The van der Waals surface area contributed by atoms with Crippen LogP contribution in [0.15, 0.2) is 195 Å². The third-order valence-corrected chi connectivity index (χ3v) is 13.5. The molecule has 14 aromatic rings. The normalized spacial score (nSPS) is 12.0. The Bertz CT molecular complexity index is 3820. The van der Waals surface area contributed by atoms with E-state index < -0.39 is 0 Å². The first-order valence-electron chi connectivity index (χ1n) is 21.5. The fourth-order valence-electron chi connectivity index (χ4n) is 11.1. The molecule has 9 aromatic carbocycles. The van der Waals surface area contributed by atoms with Crippen LogP contribution in [0.1, 0.15) is 5.56 Å². The van der Waals surface area contributed by atoms with Crippen molar-refractivity contribution >= 4 is 86.7 Å². The number of hydrogen-bond acceptors (Lipinski definition) is 4. The van der Waals surface area contributed by atoms with Crippen LogP contribution in [0, 0.1) is 11.3 Å². The average molecular weight is 813 g/mol. The third-order valence-electron chi connectivity index (χ3n) is 13.5. The van der Waals surface area contributed by atoms with Gasteiger partial charge in [0.25, 0.3) is 0 Å². The third kappa shape index (κ3) is 4.49. The van der Waals surface area contributed by atoms with Gasteiger partial charge in [-0.3, -0.25) is 15.0 Å². The average Bonchev–Trinajstić information content (AvgIpc) is 3.89. The van der Waals surface area contributed by atoms with Crippen molar-refractivity contribution in [3.63, 3.8) is 0 Å². The summed E-state index contributed by atoms with van der Waals surface area (Å²) in [6, 6.07) is 58.4. The Morgan fingerprint density at radius 2 is 0.656 bits per heavy atom. The highest BCUT2D eigenvalue weighted by atomic mass is 15.0. The molecule has 0 fully saturated rings. The minimum absolute atomic E-state index is 0.523. The Balaban J connectivity index is 1.30. The Labute approximate surface area is 365 Å².